The molecule has 0 radical (unpaired) electrons. The number of pyridine rings is 1. The number of rotatable bonds is 5. The lowest BCUT2D eigenvalue weighted by molar-refractivity contribution is -0.123. The van der Waals surface area contributed by atoms with Gasteiger partial charge in [0.1, 0.15) is 6.54 Å². The number of anilines is 1. The smallest absolute Gasteiger partial charge is 0.343 e. The van der Waals surface area contributed by atoms with E-state index in [4.69, 9.17) is 0 Å². The van der Waals surface area contributed by atoms with E-state index >= 15 is 0 Å². The highest BCUT2D eigenvalue weighted by molar-refractivity contribution is 6.05. The molecule has 5 nitrogen and oxygen atoms in total. The highest BCUT2D eigenvalue weighted by atomic mass is 19.4. The molecular formula is C22H18F3N3O2. The minimum Gasteiger partial charge on any atom is -0.343 e. The molecule has 0 atom stereocenters. The minimum atomic E-state index is -4.48. The average molecular weight is 413 g/mol. The number of hydrogen-bond acceptors (Lipinski definition) is 3. The summed E-state index contributed by atoms with van der Waals surface area (Å²) in [5, 5.41) is 4.48. The van der Waals surface area contributed by atoms with Gasteiger partial charge in [-0.25, -0.2) is 0 Å². The number of aromatic nitrogens is 1. The third-order valence-corrected chi connectivity index (χ3v) is 4.25. The summed E-state index contributed by atoms with van der Waals surface area (Å²) in [7, 11) is 0. The van der Waals surface area contributed by atoms with Crippen LogP contribution in [0.1, 0.15) is 26.4 Å². The Bertz CT molecular complexity index is 1050. The van der Waals surface area contributed by atoms with Gasteiger partial charge in [0, 0.05) is 16.8 Å². The zero-order valence-electron chi connectivity index (χ0n) is 16.0. The second-order valence-corrected chi connectivity index (χ2v) is 6.52. The lowest BCUT2D eigenvalue weighted by Gasteiger charge is -2.10. The van der Waals surface area contributed by atoms with Crippen molar-refractivity contribution < 1.29 is 22.8 Å². The summed E-state index contributed by atoms with van der Waals surface area (Å²) in [5.74, 6) is -1.23. The van der Waals surface area contributed by atoms with Gasteiger partial charge >= 0.3 is 6.18 Å². The number of nitrogens with one attached hydrogen (secondary N) is 2. The lowest BCUT2D eigenvalue weighted by atomic mass is 10.1. The van der Waals surface area contributed by atoms with Crippen molar-refractivity contribution in [1.29, 1.82) is 0 Å². The van der Waals surface area contributed by atoms with Crippen molar-refractivity contribution in [2.24, 2.45) is 0 Å². The molecule has 3 rings (SSSR count). The molecule has 0 saturated heterocycles. The summed E-state index contributed by atoms with van der Waals surface area (Å²) >= 11 is 0. The van der Waals surface area contributed by atoms with Gasteiger partial charge < -0.3 is 10.6 Å². The van der Waals surface area contributed by atoms with E-state index in [-0.39, 0.29) is 11.5 Å². The summed E-state index contributed by atoms with van der Waals surface area (Å²) in [6.45, 7) is 0.324. The molecule has 1 heterocycles. The van der Waals surface area contributed by atoms with E-state index in [0.29, 0.717) is 16.9 Å². The fourth-order valence-electron chi connectivity index (χ4n) is 2.76. The van der Waals surface area contributed by atoms with E-state index in [9.17, 15) is 22.8 Å². The number of hydrogen-bond donors (Lipinski definition) is 2. The van der Waals surface area contributed by atoms with E-state index in [0.717, 1.165) is 11.3 Å². The van der Waals surface area contributed by atoms with Crippen LogP contribution in [0.25, 0.3) is 11.3 Å². The number of nitrogens with zero attached hydrogens (tertiary/aromatic N) is 1. The summed E-state index contributed by atoms with van der Waals surface area (Å²) in [4.78, 5) is 28.8. The van der Waals surface area contributed by atoms with Crippen LogP contribution in [0.5, 0.6) is 0 Å². The van der Waals surface area contributed by atoms with E-state index in [2.05, 4.69) is 10.3 Å². The van der Waals surface area contributed by atoms with Crippen molar-refractivity contribution in [3.05, 3.63) is 83.6 Å². The Morgan fingerprint density at radius 2 is 1.57 bits per heavy atom. The van der Waals surface area contributed by atoms with E-state index < -0.39 is 18.6 Å². The first kappa shape index (κ1) is 21.0. The molecule has 1 aromatic heterocycles. The predicted molar refractivity (Wildman–Crippen MR) is 107 cm³/mol. The standard InChI is InChI=1S/C22H18F3N3O2/c1-14-18(11-12-19(27-14)15-5-3-2-4-6-15)21(30)28-17-9-7-16(8-10-17)20(29)26-13-22(23,24)25/h2-12H,13H2,1H3,(H,26,29)(H,28,30). The van der Waals surface area contributed by atoms with Crippen molar-refractivity contribution >= 4 is 17.5 Å². The molecule has 0 saturated carbocycles. The molecule has 154 valence electrons. The number of alkyl halides is 3. The van der Waals surface area contributed by atoms with Crippen LogP contribution in [0.4, 0.5) is 18.9 Å². The van der Waals surface area contributed by atoms with Crippen LogP contribution in [0.3, 0.4) is 0 Å². The predicted octanol–water partition coefficient (Wildman–Crippen LogP) is 4.60. The second-order valence-electron chi connectivity index (χ2n) is 6.52. The summed E-state index contributed by atoms with van der Waals surface area (Å²) in [6.07, 6.45) is -4.48. The molecule has 3 aromatic rings. The summed E-state index contributed by atoms with van der Waals surface area (Å²) in [6, 6.07) is 18.6. The van der Waals surface area contributed by atoms with Gasteiger partial charge in [0.25, 0.3) is 11.8 Å². The van der Waals surface area contributed by atoms with Crippen molar-refractivity contribution in [1.82, 2.24) is 10.3 Å². The van der Waals surface area contributed by atoms with Gasteiger partial charge in [0.2, 0.25) is 0 Å². The topological polar surface area (TPSA) is 71.1 Å². The average Bonchev–Trinajstić information content (AvgIpc) is 2.72. The summed E-state index contributed by atoms with van der Waals surface area (Å²) in [5.41, 5.74) is 3.09. The Kier molecular flexibility index (Phi) is 6.15. The van der Waals surface area contributed by atoms with E-state index in [1.807, 2.05) is 30.3 Å². The summed E-state index contributed by atoms with van der Waals surface area (Å²) < 4.78 is 36.6. The Morgan fingerprint density at radius 3 is 2.17 bits per heavy atom. The van der Waals surface area contributed by atoms with Gasteiger partial charge in [0.15, 0.2) is 0 Å². The fourth-order valence-corrected chi connectivity index (χ4v) is 2.76. The third kappa shape index (κ3) is 5.44. The Hall–Kier alpha value is -3.68. The molecule has 30 heavy (non-hydrogen) atoms. The number of carbonyl (C=O) groups is 2. The molecule has 0 aliphatic carbocycles. The number of benzene rings is 2. The van der Waals surface area contributed by atoms with Crippen LogP contribution in [0, 0.1) is 6.92 Å². The van der Waals surface area contributed by atoms with Gasteiger partial charge in [-0.15, -0.1) is 0 Å². The third-order valence-electron chi connectivity index (χ3n) is 4.25. The van der Waals surface area contributed by atoms with Gasteiger partial charge in [-0.2, -0.15) is 13.2 Å². The molecule has 2 N–H and O–H groups in total. The van der Waals surface area contributed by atoms with Crippen LogP contribution >= 0.6 is 0 Å². The molecular weight excluding hydrogens is 395 g/mol. The molecule has 2 aromatic carbocycles. The first-order valence-corrected chi connectivity index (χ1v) is 9.02. The minimum absolute atomic E-state index is 0.0577. The Labute approximate surface area is 171 Å². The van der Waals surface area contributed by atoms with Crippen molar-refractivity contribution in [2.45, 2.75) is 13.1 Å². The molecule has 0 aliphatic heterocycles. The fraction of sp³-hybridized carbons (Fsp3) is 0.136. The van der Waals surface area contributed by atoms with Crippen LogP contribution in [0.15, 0.2) is 66.7 Å². The maximum Gasteiger partial charge on any atom is 0.405 e. The number of amides is 2. The number of halogens is 3. The zero-order chi connectivity index (χ0) is 21.7. The highest BCUT2D eigenvalue weighted by Gasteiger charge is 2.27. The first-order valence-electron chi connectivity index (χ1n) is 9.02. The second kappa shape index (κ2) is 8.77. The number of carbonyl (C=O) groups excluding carboxylic acids is 2. The first-order chi connectivity index (χ1) is 14.2. The van der Waals surface area contributed by atoms with Gasteiger partial charge in [-0.05, 0) is 43.3 Å². The lowest BCUT2D eigenvalue weighted by Crippen LogP contribution is -2.33. The largest absolute Gasteiger partial charge is 0.405 e. The van der Waals surface area contributed by atoms with Gasteiger partial charge in [-0.3, -0.25) is 14.6 Å². The van der Waals surface area contributed by atoms with Crippen LogP contribution in [-0.4, -0.2) is 29.5 Å². The monoisotopic (exact) mass is 413 g/mol. The quantitative estimate of drug-likeness (QED) is 0.642. The van der Waals surface area contributed by atoms with E-state index in [1.165, 1.54) is 24.3 Å². The Balaban J connectivity index is 1.67. The molecule has 0 fully saturated rings. The molecule has 0 spiro atoms. The molecule has 2 amide bonds. The zero-order valence-corrected chi connectivity index (χ0v) is 16.0. The maximum atomic E-state index is 12.6. The van der Waals surface area contributed by atoms with Crippen LogP contribution in [0.2, 0.25) is 0 Å². The van der Waals surface area contributed by atoms with Gasteiger partial charge in [-0.1, -0.05) is 30.3 Å². The number of aryl methyl sites for hydroxylation is 1. The van der Waals surface area contributed by atoms with E-state index in [1.54, 1.807) is 24.4 Å². The van der Waals surface area contributed by atoms with Crippen molar-refractivity contribution in [2.75, 3.05) is 11.9 Å². The molecule has 0 unspecified atom stereocenters. The van der Waals surface area contributed by atoms with Gasteiger partial charge in [0.05, 0.1) is 17.0 Å². The van der Waals surface area contributed by atoms with Crippen molar-refractivity contribution in [3.8, 4) is 11.3 Å². The van der Waals surface area contributed by atoms with Crippen LogP contribution < -0.4 is 10.6 Å². The molecule has 0 bridgehead atoms. The van der Waals surface area contributed by atoms with Crippen LogP contribution in [-0.2, 0) is 0 Å². The Morgan fingerprint density at radius 1 is 0.900 bits per heavy atom. The normalized spacial score (nSPS) is 11.1. The molecule has 8 heteroatoms. The SMILES string of the molecule is Cc1nc(-c2ccccc2)ccc1C(=O)Nc1ccc(C(=O)NCC(F)(F)F)cc1. The maximum absolute atomic E-state index is 12.6. The van der Waals surface area contributed by atoms with Crippen molar-refractivity contribution in [3.63, 3.8) is 0 Å². The highest BCUT2D eigenvalue weighted by Crippen LogP contribution is 2.20. The molecule has 0 aliphatic rings.